The molecule has 0 bridgehead atoms. The Morgan fingerprint density at radius 2 is 2.27 bits per heavy atom. The van der Waals surface area contributed by atoms with Crippen molar-refractivity contribution in [1.29, 1.82) is 0 Å². The lowest BCUT2D eigenvalue weighted by Gasteiger charge is -2.07. The van der Waals surface area contributed by atoms with Crippen LogP contribution in [0, 0.1) is 17.0 Å². The van der Waals surface area contributed by atoms with Gasteiger partial charge in [-0.1, -0.05) is 18.5 Å². The second-order valence-corrected chi connectivity index (χ2v) is 4.78. The van der Waals surface area contributed by atoms with E-state index in [-0.39, 0.29) is 17.3 Å². The van der Waals surface area contributed by atoms with Gasteiger partial charge >= 0.3 is 5.69 Å². The number of aromatic nitrogens is 4. The van der Waals surface area contributed by atoms with Crippen molar-refractivity contribution in [2.45, 2.75) is 39.7 Å². The highest BCUT2D eigenvalue weighted by Crippen LogP contribution is 2.23. The summed E-state index contributed by atoms with van der Waals surface area (Å²) in [6.45, 7) is 5.16. The summed E-state index contributed by atoms with van der Waals surface area (Å²) in [5.41, 5.74) is -0.219. The third kappa shape index (κ3) is 3.10. The van der Waals surface area contributed by atoms with Gasteiger partial charge in [-0.3, -0.25) is 20.0 Å². The monoisotopic (exact) mass is 308 g/mol. The number of rotatable bonds is 6. The van der Waals surface area contributed by atoms with Crippen molar-refractivity contribution in [3.05, 3.63) is 33.2 Å². The lowest BCUT2D eigenvalue weighted by atomic mass is 10.2. The van der Waals surface area contributed by atoms with E-state index in [1.807, 2.05) is 6.92 Å². The van der Waals surface area contributed by atoms with Crippen LogP contribution in [0.2, 0.25) is 0 Å². The van der Waals surface area contributed by atoms with E-state index in [4.69, 9.17) is 4.52 Å². The van der Waals surface area contributed by atoms with E-state index >= 15 is 0 Å². The minimum atomic E-state index is -0.673. The molecule has 22 heavy (non-hydrogen) atoms. The van der Waals surface area contributed by atoms with Gasteiger partial charge in [-0.05, 0) is 20.3 Å². The van der Waals surface area contributed by atoms with E-state index < -0.39 is 16.9 Å². The molecule has 0 saturated carbocycles. The molecule has 0 radical (unpaired) electrons. The number of H-pyrrole nitrogens is 1. The molecule has 2 N–H and O–H groups in total. The van der Waals surface area contributed by atoms with Crippen LogP contribution in [0.25, 0.3) is 0 Å². The Kier molecular flexibility index (Phi) is 4.49. The lowest BCUT2D eigenvalue weighted by Crippen LogP contribution is -2.27. The second-order valence-electron chi connectivity index (χ2n) is 4.78. The summed E-state index contributed by atoms with van der Waals surface area (Å²) in [6.07, 6.45) is 1.14. The van der Waals surface area contributed by atoms with E-state index in [1.165, 1.54) is 0 Å². The normalized spacial score (nSPS) is 12.1. The summed E-state index contributed by atoms with van der Waals surface area (Å²) in [7, 11) is 0. The predicted molar refractivity (Wildman–Crippen MR) is 74.2 cm³/mol. The lowest BCUT2D eigenvalue weighted by molar-refractivity contribution is -0.385. The van der Waals surface area contributed by atoms with Crippen LogP contribution in [-0.2, 0) is 6.42 Å². The number of nitro groups is 1. The van der Waals surface area contributed by atoms with Crippen LogP contribution >= 0.6 is 0 Å². The van der Waals surface area contributed by atoms with Crippen LogP contribution in [0.1, 0.15) is 54.2 Å². The smallest absolute Gasteiger partial charge is 0.322 e. The zero-order chi connectivity index (χ0) is 16.3. The first-order valence-electron chi connectivity index (χ1n) is 6.76. The first-order chi connectivity index (χ1) is 10.4. The Balaban J connectivity index is 2.20. The Hall–Kier alpha value is -2.78. The molecular formula is C12H16N6O4. The number of nitrogens with one attached hydrogen (secondary N) is 2. The molecule has 0 aromatic carbocycles. The van der Waals surface area contributed by atoms with Crippen molar-refractivity contribution in [3.63, 3.8) is 0 Å². The molecule has 2 aromatic heterocycles. The van der Waals surface area contributed by atoms with E-state index in [0.29, 0.717) is 24.4 Å². The number of hydrogen-bond donors (Lipinski definition) is 2. The molecule has 2 heterocycles. The van der Waals surface area contributed by atoms with Crippen molar-refractivity contribution in [1.82, 2.24) is 25.7 Å². The summed E-state index contributed by atoms with van der Waals surface area (Å²) in [5.74, 6) is -0.0152. The standard InChI is InChI=1S/C12H16N6O4/c1-4-5-8-10(18(20)21)9(16-15-8)11(19)13-6(2)12-14-7(3)17-22-12/h6H,4-5H2,1-3H3,(H,13,19)(H,15,16). The third-order valence-corrected chi connectivity index (χ3v) is 2.97. The van der Waals surface area contributed by atoms with Crippen LogP contribution in [0.3, 0.4) is 0 Å². The van der Waals surface area contributed by atoms with Crippen LogP contribution in [0.15, 0.2) is 4.52 Å². The van der Waals surface area contributed by atoms with Crippen LogP contribution < -0.4 is 5.32 Å². The van der Waals surface area contributed by atoms with Crippen molar-refractivity contribution in [2.24, 2.45) is 0 Å². The average molecular weight is 308 g/mol. The van der Waals surface area contributed by atoms with Gasteiger partial charge in [0.2, 0.25) is 11.6 Å². The highest BCUT2D eigenvalue weighted by Gasteiger charge is 2.30. The summed E-state index contributed by atoms with van der Waals surface area (Å²) < 4.78 is 4.95. The molecule has 2 rings (SSSR count). The van der Waals surface area contributed by atoms with Gasteiger partial charge in [0, 0.05) is 0 Å². The van der Waals surface area contributed by atoms with E-state index in [0.717, 1.165) is 0 Å². The number of carbonyl (C=O) groups is 1. The van der Waals surface area contributed by atoms with Crippen LogP contribution in [-0.4, -0.2) is 31.2 Å². The van der Waals surface area contributed by atoms with Crippen LogP contribution in [0.5, 0.6) is 0 Å². The summed E-state index contributed by atoms with van der Waals surface area (Å²) >= 11 is 0. The summed E-state index contributed by atoms with van der Waals surface area (Å²) in [6, 6.07) is -0.584. The van der Waals surface area contributed by atoms with E-state index in [1.54, 1.807) is 13.8 Å². The minimum absolute atomic E-state index is 0.220. The first kappa shape index (κ1) is 15.6. The number of hydrogen-bond acceptors (Lipinski definition) is 7. The largest absolute Gasteiger partial charge is 0.339 e. The zero-order valence-corrected chi connectivity index (χ0v) is 12.4. The van der Waals surface area contributed by atoms with Gasteiger partial charge in [-0.2, -0.15) is 10.1 Å². The fourth-order valence-electron chi connectivity index (χ4n) is 1.97. The minimum Gasteiger partial charge on any atom is -0.339 e. The predicted octanol–water partition coefficient (Wildman–Crippen LogP) is 1.45. The molecule has 1 atom stereocenters. The molecule has 0 saturated heterocycles. The first-order valence-corrected chi connectivity index (χ1v) is 6.76. The van der Waals surface area contributed by atoms with Gasteiger partial charge in [0.15, 0.2) is 5.82 Å². The summed E-state index contributed by atoms with van der Waals surface area (Å²) in [4.78, 5) is 26.7. The molecule has 1 amide bonds. The molecule has 10 nitrogen and oxygen atoms in total. The van der Waals surface area contributed by atoms with Gasteiger partial charge in [0.05, 0.1) is 4.92 Å². The van der Waals surface area contributed by atoms with E-state index in [2.05, 4.69) is 25.7 Å². The Morgan fingerprint density at radius 3 is 2.82 bits per heavy atom. The van der Waals surface area contributed by atoms with Crippen molar-refractivity contribution >= 4 is 11.6 Å². The number of carbonyl (C=O) groups excluding carboxylic acids is 1. The Morgan fingerprint density at radius 1 is 1.55 bits per heavy atom. The van der Waals surface area contributed by atoms with Gasteiger partial charge < -0.3 is 9.84 Å². The van der Waals surface area contributed by atoms with Crippen LogP contribution in [0.4, 0.5) is 5.69 Å². The van der Waals surface area contributed by atoms with Crippen molar-refractivity contribution < 1.29 is 14.2 Å². The fourth-order valence-corrected chi connectivity index (χ4v) is 1.97. The SMILES string of the molecule is CCCc1[nH]nc(C(=O)NC(C)c2nc(C)no2)c1[N+](=O)[O-]. The second kappa shape index (κ2) is 6.33. The molecule has 0 aliphatic rings. The van der Waals surface area contributed by atoms with Gasteiger partial charge in [-0.15, -0.1) is 0 Å². The number of nitrogens with zero attached hydrogens (tertiary/aromatic N) is 4. The molecule has 118 valence electrons. The number of amides is 1. The molecule has 2 aromatic rings. The maximum atomic E-state index is 12.2. The number of aryl methyl sites for hydroxylation is 2. The van der Waals surface area contributed by atoms with Gasteiger partial charge in [-0.25, -0.2) is 0 Å². The maximum Gasteiger partial charge on any atom is 0.322 e. The maximum absolute atomic E-state index is 12.2. The zero-order valence-electron chi connectivity index (χ0n) is 12.4. The fraction of sp³-hybridized carbons (Fsp3) is 0.500. The molecule has 0 aliphatic carbocycles. The molecular weight excluding hydrogens is 292 g/mol. The Labute approximate surface area is 125 Å². The molecule has 10 heteroatoms. The number of aromatic amines is 1. The quantitative estimate of drug-likeness (QED) is 0.607. The molecule has 0 aliphatic heterocycles. The van der Waals surface area contributed by atoms with Gasteiger partial charge in [0.1, 0.15) is 11.7 Å². The summed E-state index contributed by atoms with van der Waals surface area (Å²) in [5, 5.41) is 23.7. The van der Waals surface area contributed by atoms with Crippen molar-refractivity contribution in [2.75, 3.05) is 0 Å². The third-order valence-electron chi connectivity index (χ3n) is 2.97. The van der Waals surface area contributed by atoms with E-state index in [9.17, 15) is 14.9 Å². The van der Waals surface area contributed by atoms with Crippen molar-refractivity contribution in [3.8, 4) is 0 Å². The highest BCUT2D eigenvalue weighted by atomic mass is 16.6. The molecule has 0 spiro atoms. The molecule has 1 unspecified atom stereocenters. The Bertz CT molecular complexity index is 692. The molecule has 0 fully saturated rings. The average Bonchev–Trinajstić information content (AvgIpc) is 3.05. The van der Waals surface area contributed by atoms with Gasteiger partial charge in [0.25, 0.3) is 5.91 Å². The topological polar surface area (TPSA) is 140 Å². The highest BCUT2D eigenvalue weighted by molar-refractivity contribution is 5.96.